The highest BCUT2D eigenvalue weighted by molar-refractivity contribution is 5.75. The molecule has 0 heterocycles. The van der Waals surface area contributed by atoms with Crippen LogP contribution in [0.3, 0.4) is 0 Å². The second-order valence-electron chi connectivity index (χ2n) is 6.83. The molecule has 1 atom stereocenters. The normalized spacial score (nSPS) is 12.3. The fraction of sp³-hybridized carbons (Fsp3) is 0.895. The summed E-state index contributed by atoms with van der Waals surface area (Å²) < 4.78 is 0. The van der Waals surface area contributed by atoms with Crippen LogP contribution in [0.25, 0.3) is 0 Å². The minimum Gasteiger partial charge on any atom is -0.481 e. The Morgan fingerprint density at radius 3 is 2.04 bits per heavy atom. The van der Waals surface area contributed by atoms with E-state index in [9.17, 15) is 9.59 Å². The molecule has 5 heteroatoms. The average molecular weight is 343 g/mol. The van der Waals surface area contributed by atoms with Gasteiger partial charge in [-0.3, -0.25) is 9.59 Å². The molecule has 2 N–H and O–H groups in total. The van der Waals surface area contributed by atoms with Crippen molar-refractivity contribution in [3.8, 4) is 0 Å². The summed E-state index contributed by atoms with van der Waals surface area (Å²) >= 11 is 0. The SMILES string of the molecule is CCCCN(CCCC)CCCNC(=O)CCC(C)CCC(=O)O. The maximum absolute atomic E-state index is 11.8. The molecule has 0 aliphatic rings. The summed E-state index contributed by atoms with van der Waals surface area (Å²) in [5.74, 6) is -0.390. The summed E-state index contributed by atoms with van der Waals surface area (Å²) in [4.78, 5) is 24.9. The van der Waals surface area contributed by atoms with E-state index in [2.05, 4.69) is 24.1 Å². The van der Waals surface area contributed by atoms with E-state index in [4.69, 9.17) is 5.11 Å². The number of carboxylic acid groups (broad SMARTS) is 1. The lowest BCUT2D eigenvalue weighted by molar-refractivity contribution is -0.137. The van der Waals surface area contributed by atoms with Crippen molar-refractivity contribution in [2.75, 3.05) is 26.2 Å². The zero-order chi connectivity index (χ0) is 18.2. The van der Waals surface area contributed by atoms with Crippen molar-refractivity contribution in [2.24, 2.45) is 5.92 Å². The smallest absolute Gasteiger partial charge is 0.303 e. The molecule has 0 aromatic rings. The molecule has 5 nitrogen and oxygen atoms in total. The summed E-state index contributed by atoms with van der Waals surface area (Å²) in [5.41, 5.74) is 0. The molecular weight excluding hydrogens is 304 g/mol. The van der Waals surface area contributed by atoms with Crippen LogP contribution in [-0.2, 0) is 9.59 Å². The van der Waals surface area contributed by atoms with Gasteiger partial charge in [0.1, 0.15) is 0 Å². The summed E-state index contributed by atoms with van der Waals surface area (Å²) in [7, 11) is 0. The number of unbranched alkanes of at least 4 members (excludes halogenated alkanes) is 2. The molecule has 24 heavy (non-hydrogen) atoms. The lowest BCUT2D eigenvalue weighted by Crippen LogP contribution is -2.31. The number of carbonyl (C=O) groups excluding carboxylic acids is 1. The molecule has 0 rings (SSSR count). The highest BCUT2D eigenvalue weighted by atomic mass is 16.4. The third-order valence-electron chi connectivity index (χ3n) is 4.34. The third-order valence-corrected chi connectivity index (χ3v) is 4.34. The quantitative estimate of drug-likeness (QED) is 0.420. The van der Waals surface area contributed by atoms with E-state index in [1.165, 1.54) is 25.7 Å². The van der Waals surface area contributed by atoms with Gasteiger partial charge in [0.15, 0.2) is 0 Å². The first-order chi connectivity index (χ1) is 11.5. The van der Waals surface area contributed by atoms with Crippen molar-refractivity contribution in [1.82, 2.24) is 10.2 Å². The van der Waals surface area contributed by atoms with Crippen LogP contribution in [-0.4, -0.2) is 48.1 Å². The van der Waals surface area contributed by atoms with Gasteiger partial charge in [0.25, 0.3) is 0 Å². The summed E-state index contributed by atoms with van der Waals surface area (Å²) in [6.07, 6.45) is 8.01. The monoisotopic (exact) mass is 342 g/mol. The topological polar surface area (TPSA) is 69.6 Å². The molecular formula is C19H38N2O3. The number of nitrogens with zero attached hydrogens (tertiary/aromatic N) is 1. The Morgan fingerprint density at radius 1 is 0.958 bits per heavy atom. The van der Waals surface area contributed by atoms with Crippen molar-refractivity contribution in [3.63, 3.8) is 0 Å². The van der Waals surface area contributed by atoms with Crippen LogP contribution in [0, 0.1) is 5.92 Å². The predicted molar refractivity (Wildman–Crippen MR) is 99.2 cm³/mol. The number of carbonyl (C=O) groups is 2. The van der Waals surface area contributed by atoms with Gasteiger partial charge in [-0.1, -0.05) is 33.6 Å². The molecule has 142 valence electrons. The number of hydrogen-bond acceptors (Lipinski definition) is 3. The van der Waals surface area contributed by atoms with Gasteiger partial charge in [0.2, 0.25) is 5.91 Å². The summed E-state index contributed by atoms with van der Waals surface area (Å²) in [6.45, 7) is 10.5. The molecule has 1 unspecified atom stereocenters. The molecule has 0 bridgehead atoms. The molecule has 0 aliphatic heterocycles. The van der Waals surface area contributed by atoms with Gasteiger partial charge in [0.05, 0.1) is 0 Å². The summed E-state index contributed by atoms with van der Waals surface area (Å²) in [5, 5.41) is 11.6. The van der Waals surface area contributed by atoms with E-state index in [-0.39, 0.29) is 18.2 Å². The van der Waals surface area contributed by atoms with Crippen LogP contribution in [0.2, 0.25) is 0 Å². The number of hydrogen-bond donors (Lipinski definition) is 2. The first kappa shape index (κ1) is 22.9. The molecule has 0 aromatic heterocycles. The number of carboxylic acids is 1. The average Bonchev–Trinajstić information content (AvgIpc) is 2.56. The molecule has 0 saturated carbocycles. The van der Waals surface area contributed by atoms with Gasteiger partial charge in [0, 0.05) is 19.4 Å². The molecule has 0 radical (unpaired) electrons. The largest absolute Gasteiger partial charge is 0.481 e. The van der Waals surface area contributed by atoms with Crippen molar-refractivity contribution in [3.05, 3.63) is 0 Å². The molecule has 0 saturated heterocycles. The zero-order valence-electron chi connectivity index (χ0n) is 16.0. The maximum Gasteiger partial charge on any atom is 0.303 e. The summed E-state index contributed by atoms with van der Waals surface area (Å²) in [6, 6.07) is 0. The second kappa shape index (κ2) is 15.4. The zero-order valence-corrected chi connectivity index (χ0v) is 16.0. The van der Waals surface area contributed by atoms with Gasteiger partial charge < -0.3 is 15.3 Å². The fourth-order valence-corrected chi connectivity index (χ4v) is 2.61. The molecule has 0 aromatic carbocycles. The van der Waals surface area contributed by atoms with Gasteiger partial charge in [-0.25, -0.2) is 0 Å². The molecule has 0 fully saturated rings. The van der Waals surface area contributed by atoms with Crippen LogP contribution in [0.4, 0.5) is 0 Å². The predicted octanol–water partition coefficient (Wildman–Crippen LogP) is 3.68. The van der Waals surface area contributed by atoms with Gasteiger partial charge in [-0.15, -0.1) is 0 Å². The highest BCUT2D eigenvalue weighted by Crippen LogP contribution is 2.12. The Balaban J connectivity index is 3.75. The number of nitrogens with one attached hydrogen (secondary N) is 1. The Kier molecular flexibility index (Phi) is 14.7. The fourth-order valence-electron chi connectivity index (χ4n) is 2.61. The highest BCUT2D eigenvalue weighted by Gasteiger charge is 2.09. The van der Waals surface area contributed by atoms with E-state index in [1.54, 1.807) is 0 Å². The van der Waals surface area contributed by atoms with Crippen LogP contribution < -0.4 is 5.32 Å². The number of aliphatic carboxylic acids is 1. The lowest BCUT2D eigenvalue weighted by atomic mass is 10.00. The van der Waals surface area contributed by atoms with E-state index in [1.807, 2.05) is 6.92 Å². The Hall–Kier alpha value is -1.10. The molecule has 0 spiro atoms. The molecule has 0 aliphatic carbocycles. The minimum absolute atomic E-state index is 0.0887. The van der Waals surface area contributed by atoms with Gasteiger partial charge >= 0.3 is 5.97 Å². The first-order valence-corrected chi connectivity index (χ1v) is 9.70. The number of amides is 1. The van der Waals surface area contributed by atoms with Crippen molar-refractivity contribution < 1.29 is 14.7 Å². The third kappa shape index (κ3) is 14.5. The van der Waals surface area contributed by atoms with E-state index >= 15 is 0 Å². The Bertz CT molecular complexity index is 327. The van der Waals surface area contributed by atoms with Crippen molar-refractivity contribution in [1.29, 1.82) is 0 Å². The standard InChI is InChI=1S/C19H38N2O3/c1-4-6-14-21(15-7-5-2)16-8-13-20-18(22)11-9-17(3)10-12-19(23)24/h17H,4-16H2,1-3H3,(H,20,22)(H,23,24). The number of rotatable bonds is 16. The molecule has 1 amide bonds. The maximum atomic E-state index is 11.8. The van der Waals surface area contributed by atoms with Crippen LogP contribution in [0.5, 0.6) is 0 Å². The van der Waals surface area contributed by atoms with Gasteiger partial charge in [-0.05, 0) is 57.7 Å². The van der Waals surface area contributed by atoms with Gasteiger partial charge in [-0.2, -0.15) is 0 Å². The first-order valence-electron chi connectivity index (χ1n) is 9.70. The lowest BCUT2D eigenvalue weighted by Gasteiger charge is -2.22. The minimum atomic E-state index is -0.762. The Morgan fingerprint density at radius 2 is 1.50 bits per heavy atom. The van der Waals surface area contributed by atoms with Crippen LogP contribution >= 0.6 is 0 Å². The second-order valence-corrected chi connectivity index (χ2v) is 6.83. The van der Waals surface area contributed by atoms with E-state index < -0.39 is 5.97 Å². The van der Waals surface area contributed by atoms with Crippen molar-refractivity contribution >= 4 is 11.9 Å². The van der Waals surface area contributed by atoms with Crippen LogP contribution in [0.15, 0.2) is 0 Å². The van der Waals surface area contributed by atoms with Crippen molar-refractivity contribution in [2.45, 2.75) is 78.6 Å². The van der Waals surface area contributed by atoms with Crippen LogP contribution in [0.1, 0.15) is 78.6 Å². The van der Waals surface area contributed by atoms with E-state index in [0.717, 1.165) is 39.0 Å². The van der Waals surface area contributed by atoms with E-state index in [0.29, 0.717) is 12.8 Å². The Labute approximate surface area is 148 Å².